The number of hydrogen-bond donors (Lipinski definition) is 0. The quantitative estimate of drug-likeness (QED) is 0.441. The minimum absolute atomic E-state index is 0.0269. The standard InChI is InChI=1S/C23H28ClN5OS/c1-16(2)28(19-9-7-6-8-10-19)21(30)15-31-23-26-25-22(17(3)27(4)5)29(23)20-13-11-18(24)12-14-20/h6-14,16-17H,15H2,1-5H3/t17-/m0/s1. The summed E-state index contributed by atoms with van der Waals surface area (Å²) in [6, 6.07) is 17.4. The van der Waals surface area contributed by atoms with Crippen LogP contribution in [0.5, 0.6) is 0 Å². The van der Waals surface area contributed by atoms with Gasteiger partial charge in [0.25, 0.3) is 0 Å². The van der Waals surface area contributed by atoms with Crippen molar-refractivity contribution >= 4 is 35.0 Å². The normalized spacial score (nSPS) is 12.4. The highest BCUT2D eigenvalue weighted by Gasteiger charge is 2.24. The first-order valence-corrected chi connectivity index (χ1v) is 11.5. The average molecular weight is 458 g/mol. The summed E-state index contributed by atoms with van der Waals surface area (Å²) in [6.45, 7) is 6.11. The fourth-order valence-electron chi connectivity index (χ4n) is 3.22. The first kappa shape index (κ1) is 23.3. The van der Waals surface area contributed by atoms with Gasteiger partial charge in [-0.3, -0.25) is 14.3 Å². The van der Waals surface area contributed by atoms with Gasteiger partial charge in [-0.05, 0) is 71.3 Å². The molecule has 3 aromatic rings. The van der Waals surface area contributed by atoms with E-state index in [1.807, 2.05) is 92.0 Å². The minimum Gasteiger partial charge on any atom is -0.309 e. The monoisotopic (exact) mass is 457 g/mol. The predicted octanol–water partition coefficient (Wildman–Crippen LogP) is 5.08. The van der Waals surface area contributed by atoms with Gasteiger partial charge >= 0.3 is 0 Å². The third-order valence-electron chi connectivity index (χ3n) is 5.04. The van der Waals surface area contributed by atoms with Crippen LogP contribution in [0.3, 0.4) is 0 Å². The van der Waals surface area contributed by atoms with Crippen LogP contribution in [0.25, 0.3) is 5.69 Å². The van der Waals surface area contributed by atoms with E-state index in [4.69, 9.17) is 11.6 Å². The second-order valence-corrected chi connectivity index (χ2v) is 9.15. The zero-order valence-electron chi connectivity index (χ0n) is 18.5. The summed E-state index contributed by atoms with van der Waals surface area (Å²) in [5.41, 5.74) is 1.81. The fraction of sp³-hybridized carbons (Fsp3) is 0.348. The summed E-state index contributed by atoms with van der Waals surface area (Å²) in [5, 5.41) is 10.2. The molecule has 1 aromatic heterocycles. The predicted molar refractivity (Wildman–Crippen MR) is 128 cm³/mol. The molecule has 0 aliphatic carbocycles. The summed E-state index contributed by atoms with van der Waals surface area (Å²) in [4.78, 5) is 17.0. The molecule has 1 amide bonds. The van der Waals surface area contributed by atoms with Crippen LogP contribution in [0.2, 0.25) is 5.02 Å². The Hall–Kier alpha value is -2.35. The molecule has 3 rings (SSSR count). The highest BCUT2D eigenvalue weighted by Crippen LogP contribution is 2.28. The van der Waals surface area contributed by atoms with Gasteiger partial charge in [-0.25, -0.2) is 0 Å². The molecule has 0 bridgehead atoms. The van der Waals surface area contributed by atoms with E-state index in [0.29, 0.717) is 10.2 Å². The van der Waals surface area contributed by atoms with E-state index in [-0.39, 0.29) is 23.7 Å². The molecule has 0 aliphatic heterocycles. The van der Waals surface area contributed by atoms with Crippen LogP contribution < -0.4 is 4.90 Å². The van der Waals surface area contributed by atoms with Crippen LogP contribution in [-0.2, 0) is 4.79 Å². The lowest BCUT2D eigenvalue weighted by atomic mass is 10.2. The highest BCUT2D eigenvalue weighted by atomic mass is 35.5. The Morgan fingerprint density at radius 2 is 1.68 bits per heavy atom. The zero-order chi connectivity index (χ0) is 22.5. The molecular weight excluding hydrogens is 430 g/mol. The van der Waals surface area contributed by atoms with Crippen molar-refractivity contribution in [3.8, 4) is 5.69 Å². The number of aromatic nitrogens is 3. The maximum Gasteiger partial charge on any atom is 0.237 e. The largest absolute Gasteiger partial charge is 0.309 e. The molecule has 0 aliphatic rings. The van der Waals surface area contributed by atoms with Gasteiger partial charge in [0.15, 0.2) is 11.0 Å². The summed E-state index contributed by atoms with van der Waals surface area (Å²) in [5.74, 6) is 1.10. The van der Waals surface area contributed by atoms with Gasteiger partial charge in [0.05, 0.1) is 11.8 Å². The molecule has 8 heteroatoms. The summed E-state index contributed by atoms with van der Waals surface area (Å²) >= 11 is 7.48. The molecule has 0 spiro atoms. The van der Waals surface area contributed by atoms with Crippen molar-refractivity contribution in [3.63, 3.8) is 0 Å². The molecule has 0 unspecified atom stereocenters. The summed E-state index contributed by atoms with van der Waals surface area (Å²) in [7, 11) is 4.00. The number of para-hydroxylation sites is 1. The Labute approximate surface area is 193 Å². The number of thioether (sulfide) groups is 1. The van der Waals surface area contributed by atoms with Crippen LogP contribution in [0.4, 0.5) is 5.69 Å². The van der Waals surface area contributed by atoms with E-state index in [1.54, 1.807) is 0 Å². The summed E-state index contributed by atoms with van der Waals surface area (Å²) < 4.78 is 2.00. The van der Waals surface area contributed by atoms with Crippen molar-refractivity contribution in [2.24, 2.45) is 0 Å². The molecule has 0 saturated heterocycles. The maximum atomic E-state index is 13.1. The number of carbonyl (C=O) groups excluding carboxylic acids is 1. The Bertz CT molecular complexity index is 1000. The van der Waals surface area contributed by atoms with Crippen molar-refractivity contribution < 1.29 is 4.79 Å². The lowest BCUT2D eigenvalue weighted by molar-refractivity contribution is -0.116. The third kappa shape index (κ3) is 5.47. The lowest BCUT2D eigenvalue weighted by Gasteiger charge is -2.26. The number of anilines is 1. The molecule has 2 aromatic carbocycles. The maximum absolute atomic E-state index is 13.1. The SMILES string of the molecule is CC(C)N(C(=O)CSc1nnc([C@H](C)N(C)C)n1-c1ccc(Cl)cc1)c1ccccc1. The van der Waals surface area contributed by atoms with Gasteiger partial charge in [-0.1, -0.05) is 41.6 Å². The Kier molecular flexibility index (Phi) is 7.75. The number of amides is 1. The van der Waals surface area contributed by atoms with Crippen LogP contribution in [0, 0.1) is 0 Å². The van der Waals surface area contributed by atoms with E-state index < -0.39 is 0 Å². The molecule has 0 fully saturated rings. The molecule has 1 heterocycles. The Balaban J connectivity index is 1.89. The Morgan fingerprint density at radius 3 is 2.26 bits per heavy atom. The number of carbonyl (C=O) groups is 1. The number of benzene rings is 2. The van der Waals surface area contributed by atoms with E-state index in [0.717, 1.165) is 17.2 Å². The van der Waals surface area contributed by atoms with Crippen LogP contribution in [0.1, 0.15) is 32.6 Å². The van der Waals surface area contributed by atoms with Gasteiger partial charge in [0.2, 0.25) is 5.91 Å². The van der Waals surface area contributed by atoms with E-state index in [2.05, 4.69) is 22.0 Å². The molecule has 31 heavy (non-hydrogen) atoms. The first-order chi connectivity index (χ1) is 14.8. The number of rotatable bonds is 8. The molecular formula is C23H28ClN5OS. The van der Waals surface area contributed by atoms with E-state index >= 15 is 0 Å². The molecule has 164 valence electrons. The molecule has 6 nitrogen and oxygen atoms in total. The van der Waals surface area contributed by atoms with Crippen LogP contribution in [0.15, 0.2) is 59.8 Å². The molecule has 0 saturated carbocycles. The minimum atomic E-state index is 0.0269. The average Bonchev–Trinajstić information content (AvgIpc) is 3.16. The summed E-state index contributed by atoms with van der Waals surface area (Å²) in [6.07, 6.45) is 0. The number of hydrogen-bond acceptors (Lipinski definition) is 5. The smallest absolute Gasteiger partial charge is 0.237 e. The van der Waals surface area contributed by atoms with Crippen molar-refractivity contribution in [2.75, 3.05) is 24.7 Å². The van der Waals surface area contributed by atoms with Gasteiger partial charge < -0.3 is 4.90 Å². The van der Waals surface area contributed by atoms with Crippen LogP contribution in [-0.4, -0.2) is 51.5 Å². The number of nitrogens with zero attached hydrogens (tertiary/aromatic N) is 5. The van der Waals surface area contributed by atoms with Gasteiger partial charge in [0.1, 0.15) is 0 Å². The molecule has 1 atom stereocenters. The third-order valence-corrected chi connectivity index (χ3v) is 6.20. The fourth-order valence-corrected chi connectivity index (χ4v) is 4.17. The highest BCUT2D eigenvalue weighted by molar-refractivity contribution is 7.99. The van der Waals surface area contributed by atoms with E-state index in [9.17, 15) is 4.79 Å². The van der Waals surface area contributed by atoms with Crippen molar-refractivity contribution in [1.82, 2.24) is 19.7 Å². The second kappa shape index (κ2) is 10.3. The van der Waals surface area contributed by atoms with E-state index in [1.165, 1.54) is 11.8 Å². The van der Waals surface area contributed by atoms with Gasteiger partial charge in [-0.2, -0.15) is 0 Å². The molecule has 0 radical (unpaired) electrons. The van der Waals surface area contributed by atoms with Crippen molar-refractivity contribution in [3.05, 3.63) is 65.4 Å². The number of halogens is 1. The van der Waals surface area contributed by atoms with Crippen molar-refractivity contribution in [1.29, 1.82) is 0 Å². The first-order valence-electron chi connectivity index (χ1n) is 10.2. The zero-order valence-corrected chi connectivity index (χ0v) is 20.1. The van der Waals surface area contributed by atoms with Crippen molar-refractivity contribution in [2.45, 2.75) is 38.0 Å². The lowest BCUT2D eigenvalue weighted by Crippen LogP contribution is -2.38. The molecule has 0 N–H and O–H groups in total. The van der Waals surface area contributed by atoms with Gasteiger partial charge in [-0.15, -0.1) is 10.2 Å². The topological polar surface area (TPSA) is 54.3 Å². The van der Waals surface area contributed by atoms with Gasteiger partial charge in [0, 0.05) is 22.4 Å². The Morgan fingerprint density at radius 1 is 1.03 bits per heavy atom. The second-order valence-electron chi connectivity index (χ2n) is 7.77. The van der Waals surface area contributed by atoms with Crippen LogP contribution >= 0.6 is 23.4 Å².